The standard InChI is InChI=1S/C16H23F3N2O/c1-15(16(17,18)19,13-5-7-14(20)8-6-13)22-12-11-21-9-3-2-4-10-21/h5-8H,2-4,9-12,20H2,1H3. The summed E-state index contributed by atoms with van der Waals surface area (Å²) in [6, 6.07) is 5.69. The normalized spacial score (nSPS) is 19.8. The third kappa shape index (κ3) is 3.93. The van der Waals surface area contributed by atoms with Crippen molar-refractivity contribution >= 4 is 5.69 Å². The van der Waals surface area contributed by atoms with Crippen molar-refractivity contribution in [1.82, 2.24) is 4.90 Å². The van der Waals surface area contributed by atoms with Gasteiger partial charge in [0.1, 0.15) is 0 Å². The number of piperidine rings is 1. The summed E-state index contributed by atoms with van der Waals surface area (Å²) in [7, 11) is 0. The molecule has 1 fully saturated rings. The molecule has 0 aromatic heterocycles. The quantitative estimate of drug-likeness (QED) is 0.844. The molecule has 1 aliphatic heterocycles. The van der Waals surface area contributed by atoms with E-state index in [4.69, 9.17) is 10.5 Å². The van der Waals surface area contributed by atoms with Gasteiger partial charge in [-0.2, -0.15) is 13.2 Å². The van der Waals surface area contributed by atoms with E-state index in [-0.39, 0.29) is 12.2 Å². The predicted octanol–water partition coefficient (Wildman–Crippen LogP) is 3.55. The molecule has 1 aromatic rings. The fourth-order valence-corrected chi connectivity index (χ4v) is 2.69. The number of ether oxygens (including phenoxy) is 1. The lowest BCUT2D eigenvalue weighted by Crippen LogP contribution is -2.44. The average Bonchev–Trinajstić information content (AvgIpc) is 2.47. The third-order valence-electron chi connectivity index (χ3n) is 4.25. The first kappa shape index (κ1) is 17.1. The van der Waals surface area contributed by atoms with Gasteiger partial charge in [0.25, 0.3) is 0 Å². The zero-order valence-corrected chi connectivity index (χ0v) is 12.8. The largest absolute Gasteiger partial charge is 0.421 e. The van der Waals surface area contributed by atoms with E-state index in [2.05, 4.69) is 4.90 Å². The molecule has 1 saturated heterocycles. The molecule has 0 aliphatic carbocycles. The Hall–Kier alpha value is -1.27. The highest BCUT2D eigenvalue weighted by Crippen LogP contribution is 2.42. The van der Waals surface area contributed by atoms with Gasteiger partial charge in [0.15, 0.2) is 5.60 Å². The van der Waals surface area contributed by atoms with E-state index >= 15 is 0 Å². The molecule has 0 radical (unpaired) electrons. The van der Waals surface area contributed by atoms with Crippen molar-refractivity contribution in [2.24, 2.45) is 0 Å². The molecule has 0 spiro atoms. The van der Waals surface area contributed by atoms with Crippen LogP contribution >= 0.6 is 0 Å². The summed E-state index contributed by atoms with van der Waals surface area (Å²) < 4.78 is 45.8. The van der Waals surface area contributed by atoms with Crippen molar-refractivity contribution in [1.29, 1.82) is 0 Å². The molecule has 0 amide bonds. The maximum atomic E-state index is 13.5. The van der Waals surface area contributed by atoms with Crippen LogP contribution in [0.25, 0.3) is 0 Å². The number of nitrogens with two attached hydrogens (primary N) is 1. The number of rotatable bonds is 5. The molecule has 124 valence electrons. The molecule has 22 heavy (non-hydrogen) atoms. The van der Waals surface area contributed by atoms with Gasteiger partial charge in [-0.25, -0.2) is 0 Å². The van der Waals surface area contributed by atoms with Gasteiger partial charge < -0.3 is 15.4 Å². The second kappa shape index (κ2) is 6.87. The highest BCUT2D eigenvalue weighted by molar-refractivity contribution is 5.41. The minimum atomic E-state index is -4.48. The smallest absolute Gasteiger partial charge is 0.399 e. The van der Waals surface area contributed by atoms with E-state index in [9.17, 15) is 13.2 Å². The average molecular weight is 316 g/mol. The summed E-state index contributed by atoms with van der Waals surface area (Å²) >= 11 is 0. The Kier molecular flexibility index (Phi) is 5.34. The Bertz CT molecular complexity index is 469. The van der Waals surface area contributed by atoms with Crippen LogP contribution in [-0.4, -0.2) is 37.3 Å². The van der Waals surface area contributed by atoms with Crippen LogP contribution in [0, 0.1) is 0 Å². The van der Waals surface area contributed by atoms with Crippen LogP contribution in [0.15, 0.2) is 24.3 Å². The Morgan fingerprint density at radius 3 is 2.23 bits per heavy atom. The second-order valence-corrected chi connectivity index (χ2v) is 5.90. The molecule has 0 bridgehead atoms. The van der Waals surface area contributed by atoms with Crippen LogP contribution in [0.4, 0.5) is 18.9 Å². The molecular formula is C16H23F3N2O. The first-order chi connectivity index (χ1) is 10.3. The van der Waals surface area contributed by atoms with Gasteiger partial charge in [0.05, 0.1) is 6.61 Å². The van der Waals surface area contributed by atoms with Gasteiger partial charge in [-0.3, -0.25) is 0 Å². The van der Waals surface area contributed by atoms with Crippen molar-refractivity contribution in [3.63, 3.8) is 0 Å². The number of hydrogen-bond acceptors (Lipinski definition) is 3. The van der Waals surface area contributed by atoms with Crippen LogP contribution in [0.5, 0.6) is 0 Å². The molecule has 1 aromatic carbocycles. The lowest BCUT2D eigenvalue weighted by atomic mass is 9.94. The topological polar surface area (TPSA) is 38.5 Å². The molecule has 1 aliphatic rings. The zero-order chi connectivity index (χ0) is 16.2. The third-order valence-corrected chi connectivity index (χ3v) is 4.25. The minimum absolute atomic E-state index is 0.0559. The maximum Gasteiger partial charge on any atom is 0.421 e. The molecular weight excluding hydrogens is 293 g/mol. The van der Waals surface area contributed by atoms with E-state index in [1.807, 2.05) is 0 Å². The number of nitrogens with zero attached hydrogens (tertiary/aromatic N) is 1. The fraction of sp³-hybridized carbons (Fsp3) is 0.625. The molecule has 3 nitrogen and oxygen atoms in total. The van der Waals surface area contributed by atoms with Gasteiger partial charge in [-0.1, -0.05) is 18.6 Å². The van der Waals surface area contributed by atoms with Crippen LogP contribution in [0.2, 0.25) is 0 Å². The Morgan fingerprint density at radius 1 is 1.09 bits per heavy atom. The lowest BCUT2D eigenvalue weighted by molar-refractivity contribution is -0.278. The highest BCUT2D eigenvalue weighted by Gasteiger charge is 2.53. The van der Waals surface area contributed by atoms with E-state index in [0.29, 0.717) is 12.2 Å². The Labute approximate surface area is 129 Å². The number of likely N-dealkylation sites (tertiary alicyclic amines) is 1. The van der Waals surface area contributed by atoms with E-state index < -0.39 is 11.8 Å². The molecule has 6 heteroatoms. The van der Waals surface area contributed by atoms with Crippen molar-refractivity contribution in [2.75, 3.05) is 32.0 Å². The van der Waals surface area contributed by atoms with Crippen molar-refractivity contribution in [3.8, 4) is 0 Å². The van der Waals surface area contributed by atoms with Crippen LogP contribution < -0.4 is 5.73 Å². The number of alkyl halides is 3. The van der Waals surface area contributed by atoms with Gasteiger partial charge in [-0.05, 0) is 50.6 Å². The monoisotopic (exact) mass is 316 g/mol. The first-order valence-corrected chi connectivity index (χ1v) is 7.62. The summed E-state index contributed by atoms with van der Waals surface area (Å²) in [5.74, 6) is 0. The second-order valence-electron chi connectivity index (χ2n) is 5.90. The van der Waals surface area contributed by atoms with E-state index in [1.54, 1.807) is 0 Å². The molecule has 0 saturated carbocycles. The summed E-state index contributed by atoms with van der Waals surface area (Å²) in [6.45, 7) is 3.54. The minimum Gasteiger partial charge on any atom is -0.399 e. The molecule has 1 unspecified atom stereocenters. The molecule has 1 atom stereocenters. The SMILES string of the molecule is CC(OCCN1CCCCC1)(c1ccc(N)cc1)C(F)(F)F. The van der Waals surface area contributed by atoms with E-state index in [0.717, 1.165) is 32.9 Å². The lowest BCUT2D eigenvalue weighted by Gasteiger charge is -2.34. The maximum absolute atomic E-state index is 13.5. The number of nitrogen functional groups attached to an aromatic ring is 1. The van der Waals surface area contributed by atoms with Crippen molar-refractivity contribution in [2.45, 2.75) is 38.0 Å². The number of benzene rings is 1. The Morgan fingerprint density at radius 2 is 1.68 bits per heavy atom. The van der Waals surface area contributed by atoms with Crippen LogP contribution in [0.1, 0.15) is 31.7 Å². The van der Waals surface area contributed by atoms with Gasteiger partial charge in [0, 0.05) is 12.2 Å². The number of halogens is 3. The summed E-state index contributed by atoms with van der Waals surface area (Å²) in [4.78, 5) is 2.16. The van der Waals surface area contributed by atoms with Gasteiger partial charge in [-0.15, -0.1) is 0 Å². The van der Waals surface area contributed by atoms with Gasteiger partial charge in [0.2, 0.25) is 0 Å². The van der Waals surface area contributed by atoms with Crippen molar-refractivity contribution in [3.05, 3.63) is 29.8 Å². The highest BCUT2D eigenvalue weighted by atomic mass is 19.4. The zero-order valence-electron chi connectivity index (χ0n) is 12.8. The fourth-order valence-electron chi connectivity index (χ4n) is 2.69. The number of anilines is 1. The Balaban J connectivity index is 2.04. The van der Waals surface area contributed by atoms with E-state index in [1.165, 1.54) is 30.7 Å². The van der Waals surface area contributed by atoms with Crippen LogP contribution in [-0.2, 0) is 10.3 Å². The first-order valence-electron chi connectivity index (χ1n) is 7.62. The number of hydrogen-bond donors (Lipinski definition) is 1. The molecule has 2 N–H and O–H groups in total. The molecule has 2 rings (SSSR count). The van der Waals surface area contributed by atoms with Crippen LogP contribution in [0.3, 0.4) is 0 Å². The van der Waals surface area contributed by atoms with Crippen molar-refractivity contribution < 1.29 is 17.9 Å². The van der Waals surface area contributed by atoms with Gasteiger partial charge >= 0.3 is 6.18 Å². The summed E-state index contributed by atoms with van der Waals surface area (Å²) in [5, 5.41) is 0. The predicted molar refractivity (Wildman–Crippen MR) is 80.5 cm³/mol. The summed E-state index contributed by atoms with van der Waals surface area (Å²) in [6.07, 6.45) is -1.07. The molecule has 1 heterocycles. The summed E-state index contributed by atoms with van der Waals surface area (Å²) in [5.41, 5.74) is 3.75.